The maximum Gasteiger partial charge on any atom is 0.0459 e. The van der Waals surface area contributed by atoms with E-state index in [1.807, 2.05) is 0 Å². The van der Waals surface area contributed by atoms with E-state index in [0.717, 1.165) is 19.3 Å². The van der Waals surface area contributed by atoms with Crippen LogP contribution in [-0.2, 0) is 12.0 Å². The van der Waals surface area contributed by atoms with Crippen molar-refractivity contribution in [1.29, 1.82) is 0 Å². The molecule has 0 radical (unpaired) electrons. The van der Waals surface area contributed by atoms with Crippen LogP contribution in [0.15, 0.2) is 54.6 Å². The molecule has 29 heavy (non-hydrogen) atoms. The molecule has 0 atom stereocenters. The van der Waals surface area contributed by atoms with Gasteiger partial charge in [0.25, 0.3) is 0 Å². The van der Waals surface area contributed by atoms with Crippen LogP contribution in [-0.4, -0.2) is 35.7 Å². The molecule has 0 aliphatic heterocycles. The van der Waals surface area contributed by atoms with Gasteiger partial charge in [0.2, 0.25) is 0 Å². The summed E-state index contributed by atoms with van der Waals surface area (Å²) in [5, 5.41) is 10.6. The third-order valence-corrected chi connectivity index (χ3v) is 7.07. The SMILES string of the molecule is CN(C)C1(c2ccccc2)CCC(c2[nH]c3ccccc3c2CCCCO)CC1. The van der Waals surface area contributed by atoms with Crippen molar-refractivity contribution in [2.45, 2.75) is 56.4 Å². The number of hydrogen-bond donors (Lipinski definition) is 2. The zero-order valence-corrected chi connectivity index (χ0v) is 17.8. The number of nitrogens with one attached hydrogen (secondary N) is 1. The molecule has 3 nitrogen and oxygen atoms in total. The van der Waals surface area contributed by atoms with Gasteiger partial charge in [0.15, 0.2) is 0 Å². The molecule has 3 aromatic rings. The van der Waals surface area contributed by atoms with Gasteiger partial charge in [-0.1, -0.05) is 48.5 Å². The highest BCUT2D eigenvalue weighted by atomic mass is 16.2. The topological polar surface area (TPSA) is 39.3 Å². The van der Waals surface area contributed by atoms with E-state index in [4.69, 9.17) is 0 Å². The fourth-order valence-electron chi connectivity index (χ4n) is 5.38. The first-order valence-electron chi connectivity index (χ1n) is 11.1. The van der Waals surface area contributed by atoms with E-state index >= 15 is 0 Å². The number of aromatic nitrogens is 1. The maximum absolute atomic E-state index is 9.23. The number of aliphatic hydroxyl groups is 1. The predicted molar refractivity (Wildman–Crippen MR) is 121 cm³/mol. The summed E-state index contributed by atoms with van der Waals surface area (Å²) in [4.78, 5) is 6.22. The van der Waals surface area contributed by atoms with Crippen LogP contribution in [0.3, 0.4) is 0 Å². The molecule has 0 spiro atoms. The van der Waals surface area contributed by atoms with E-state index in [1.54, 1.807) is 0 Å². The zero-order valence-electron chi connectivity index (χ0n) is 17.8. The van der Waals surface area contributed by atoms with Crippen LogP contribution in [0.4, 0.5) is 0 Å². The quantitative estimate of drug-likeness (QED) is 0.516. The van der Waals surface area contributed by atoms with Crippen LogP contribution in [0.5, 0.6) is 0 Å². The monoisotopic (exact) mass is 390 g/mol. The average molecular weight is 391 g/mol. The average Bonchev–Trinajstić information content (AvgIpc) is 3.13. The molecule has 2 N–H and O–H groups in total. The summed E-state index contributed by atoms with van der Waals surface area (Å²) < 4.78 is 0. The Labute approximate surface area is 174 Å². The first-order chi connectivity index (χ1) is 14.2. The van der Waals surface area contributed by atoms with Crippen LogP contribution in [0.25, 0.3) is 10.9 Å². The Morgan fingerprint density at radius 2 is 1.66 bits per heavy atom. The minimum Gasteiger partial charge on any atom is -0.396 e. The normalized spacial score (nSPS) is 22.4. The number of rotatable bonds is 7. The van der Waals surface area contributed by atoms with Crippen LogP contribution < -0.4 is 0 Å². The van der Waals surface area contributed by atoms with Gasteiger partial charge in [0.05, 0.1) is 0 Å². The highest BCUT2D eigenvalue weighted by Gasteiger charge is 2.39. The van der Waals surface area contributed by atoms with Crippen LogP contribution in [0.1, 0.15) is 61.3 Å². The number of hydrogen-bond acceptors (Lipinski definition) is 2. The van der Waals surface area contributed by atoms with Crippen molar-refractivity contribution in [3.8, 4) is 0 Å². The van der Waals surface area contributed by atoms with E-state index < -0.39 is 0 Å². The second-order valence-electron chi connectivity index (χ2n) is 8.81. The van der Waals surface area contributed by atoms with Gasteiger partial charge in [-0.15, -0.1) is 0 Å². The molecule has 1 aromatic heterocycles. The van der Waals surface area contributed by atoms with Crippen molar-refractivity contribution in [3.05, 3.63) is 71.4 Å². The number of benzene rings is 2. The molecule has 2 aromatic carbocycles. The summed E-state index contributed by atoms with van der Waals surface area (Å²) in [6, 6.07) is 19.8. The molecule has 1 aliphatic carbocycles. The molecule has 3 heteroatoms. The molecule has 4 rings (SSSR count). The number of aromatic amines is 1. The van der Waals surface area contributed by atoms with Crippen molar-refractivity contribution in [2.24, 2.45) is 0 Å². The number of H-pyrrole nitrogens is 1. The van der Waals surface area contributed by atoms with Gasteiger partial charge in [-0.05, 0) is 82.2 Å². The van der Waals surface area contributed by atoms with Gasteiger partial charge >= 0.3 is 0 Å². The number of aryl methyl sites for hydroxylation is 1. The van der Waals surface area contributed by atoms with Gasteiger partial charge in [-0.2, -0.15) is 0 Å². The summed E-state index contributed by atoms with van der Waals surface area (Å²) in [5.74, 6) is 0.586. The highest BCUT2D eigenvalue weighted by molar-refractivity contribution is 5.84. The lowest BCUT2D eigenvalue weighted by Crippen LogP contribution is -2.44. The maximum atomic E-state index is 9.23. The molecule has 1 aliphatic rings. The molecular weight excluding hydrogens is 356 g/mol. The Hall–Kier alpha value is -2.10. The minimum atomic E-state index is 0.140. The number of unbranched alkanes of at least 4 members (excludes halogenated alkanes) is 1. The zero-order chi connectivity index (χ0) is 20.3. The van der Waals surface area contributed by atoms with Crippen LogP contribution in [0.2, 0.25) is 0 Å². The van der Waals surface area contributed by atoms with Crippen molar-refractivity contribution < 1.29 is 5.11 Å². The Balaban J connectivity index is 1.61. The van der Waals surface area contributed by atoms with Crippen molar-refractivity contribution in [3.63, 3.8) is 0 Å². The van der Waals surface area contributed by atoms with E-state index in [0.29, 0.717) is 5.92 Å². The van der Waals surface area contributed by atoms with Crippen molar-refractivity contribution >= 4 is 10.9 Å². The van der Waals surface area contributed by atoms with Crippen molar-refractivity contribution in [2.75, 3.05) is 20.7 Å². The second kappa shape index (κ2) is 8.73. The number of aliphatic hydroxyl groups excluding tert-OH is 1. The molecule has 0 saturated heterocycles. The van der Waals surface area contributed by atoms with Crippen LogP contribution >= 0.6 is 0 Å². The lowest BCUT2D eigenvalue weighted by atomic mass is 9.70. The third-order valence-electron chi connectivity index (χ3n) is 7.07. The first-order valence-corrected chi connectivity index (χ1v) is 11.1. The molecule has 1 fully saturated rings. The standard InChI is InChI=1S/C26H34N2O/c1-28(2)26(21-10-4-3-5-11-21)17-15-20(16-18-26)25-23(13-8-9-19-29)22-12-6-7-14-24(22)27-25/h3-7,10-12,14,20,27,29H,8-9,13,15-19H2,1-2H3. The molecule has 154 valence electrons. The lowest BCUT2D eigenvalue weighted by molar-refractivity contribution is 0.0903. The van der Waals surface area contributed by atoms with Crippen LogP contribution in [0, 0.1) is 0 Å². The fraction of sp³-hybridized carbons (Fsp3) is 0.462. The minimum absolute atomic E-state index is 0.140. The van der Waals surface area contributed by atoms with Gasteiger partial charge < -0.3 is 10.1 Å². The van der Waals surface area contributed by atoms with Crippen molar-refractivity contribution in [1.82, 2.24) is 9.88 Å². The summed E-state index contributed by atoms with van der Waals surface area (Å²) >= 11 is 0. The van der Waals surface area contributed by atoms with Gasteiger partial charge in [-0.3, -0.25) is 4.90 Å². The van der Waals surface area contributed by atoms with Gasteiger partial charge in [0.1, 0.15) is 0 Å². The number of fused-ring (bicyclic) bond motifs is 1. The summed E-state index contributed by atoms with van der Waals surface area (Å²) in [7, 11) is 4.47. The number of para-hydroxylation sites is 1. The third kappa shape index (κ3) is 3.86. The molecule has 1 heterocycles. The van der Waals surface area contributed by atoms with E-state index in [2.05, 4.69) is 78.6 Å². The molecule has 0 unspecified atom stereocenters. The summed E-state index contributed by atoms with van der Waals surface area (Å²) in [5.41, 5.74) is 5.78. The Morgan fingerprint density at radius 1 is 0.966 bits per heavy atom. The molecule has 1 saturated carbocycles. The molecule has 0 bridgehead atoms. The largest absolute Gasteiger partial charge is 0.396 e. The van der Waals surface area contributed by atoms with E-state index in [9.17, 15) is 5.11 Å². The Kier molecular flexibility index (Phi) is 6.07. The Bertz CT molecular complexity index is 920. The summed E-state index contributed by atoms with van der Waals surface area (Å²) in [6.07, 6.45) is 7.74. The summed E-state index contributed by atoms with van der Waals surface area (Å²) in [6.45, 7) is 0.281. The van der Waals surface area contributed by atoms with Gasteiger partial charge in [-0.25, -0.2) is 0 Å². The van der Waals surface area contributed by atoms with E-state index in [1.165, 1.54) is 53.4 Å². The predicted octanol–water partition coefficient (Wildman–Crippen LogP) is 5.60. The highest BCUT2D eigenvalue weighted by Crippen LogP contribution is 2.47. The molecule has 0 amide bonds. The van der Waals surface area contributed by atoms with E-state index in [-0.39, 0.29) is 12.1 Å². The Morgan fingerprint density at radius 3 is 2.34 bits per heavy atom. The molecular formula is C26H34N2O. The first kappa shape index (κ1) is 20.2. The smallest absolute Gasteiger partial charge is 0.0459 e. The number of nitrogens with zero attached hydrogens (tertiary/aromatic N) is 1. The van der Waals surface area contributed by atoms with Gasteiger partial charge in [0, 0.05) is 28.7 Å². The second-order valence-corrected chi connectivity index (χ2v) is 8.81. The fourth-order valence-corrected chi connectivity index (χ4v) is 5.38. The lowest BCUT2D eigenvalue weighted by Gasteiger charge is -2.45.